The minimum absolute atomic E-state index is 0.518. The molecule has 0 aliphatic carbocycles. The molecule has 0 saturated heterocycles. The first-order valence-electron chi connectivity index (χ1n) is 4.73. The summed E-state index contributed by atoms with van der Waals surface area (Å²) in [6.45, 7) is 1.32. The summed E-state index contributed by atoms with van der Waals surface area (Å²) in [7, 11) is 0. The molecule has 0 radical (unpaired) electrons. The summed E-state index contributed by atoms with van der Waals surface area (Å²) < 4.78 is 3.17. The minimum Gasteiger partial charge on any atom is -0.329 e. The van der Waals surface area contributed by atoms with Crippen molar-refractivity contribution in [3.05, 3.63) is 52.5 Å². The third-order valence-electron chi connectivity index (χ3n) is 2.31. The monoisotopic (exact) mass is 265 g/mol. The van der Waals surface area contributed by atoms with Gasteiger partial charge in [0.1, 0.15) is 0 Å². The van der Waals surface area contributed by atoms with Crippen molar-refractivity contribution in [2.45, 2.75) is 13.1 Å². The fourth-order valence-corrected chi connectivity index (χ4v) is 1.88. The standard InChI is InChI=1S/C11H12BrN3/c12-11-4-2-1-3-9(11)7-15-8-14-6-10(15)5-13/h1-4,6,8H,5,7,13H2. The molecule has 0 atom stereocenters. The maximum atomic E-state index is 5.61. The average molecular weight is 266 g/mol. The molecule has 15 heavy (non-hydrogen) atoms. The number of imidazole rings is 1. The summed E-state index contributed by atoms with van der Waals surface area (Å²) in [5, 5.41) is 0. The summed E-state index contributed by atoms with van der Waals surface area (Å²) in [5.74, 6) is 0. The average Bonchev–Trinajstić information content (AvgIpc) is 2.69. The Hall–Kier alpha value is -1.13. The number of nitrogens with two attached hydrogens (primary N) is 1. The topological polar surface area (TPSA) is 43.8 Å². The molecule has 0 fully saturated rings. The molecule has 1 heterocycles. The van der Waals surface area contributed by atoms with Gasteiger partial charge in [-0.25, -0.2) is 4.98 Å². The summed E-state index contributed by atoms with van der Waals surface area (Å²) >= 11 is 3.52. The fourth-order valence-electron chi connectivity index (χ4n) is 1.47. The Labute approximate surface area is 97.1 Å². The van der Waals surface area contributed by atoms with Gasteiger partial charge in [-0.1, -0.05) is 34.1 Å². The van der Waals surface area contributed by atoms with E-state index in [1.165, 1.54) is 5.56 Å². The first-order chi connectivity index (χ1) is 7.31. The molecule has 1 aromatic heterocycles. The van der Waals surface area contributed by atoms with Crippen molar-refractivity contribution in [1.29, 1.82) is 0 Å². The second-order valence-corrected chi connectivity index (χ2v) is 4.16. The lowest BCUT2D eigenvalue weighted by Gasteiger charge is -2.08. The summed E-state index contributed by atoms with van der Waals surface area (Å²) in [6, 6.07) is 8.16. The van der Waals surface area contributed by atoms with Crippen LogP contribution >= 0.6 is 15.9 Å². The van der Waals surface area contributed by atoms with Crippen LogP contribution in [-0.2, 0) is 13.1 Å². The van der Waals surface area contributed by atoms with E-state index in [9.17, 15) is 0 Å². The third-order valence-corrected chi connectivity index (χ3v) is 3.08. The smallest absolute Gasteiger partial charge is 0.0951 e. The summed E-state index contributed by atoms with van der Waals surface area (Å²) in [6.07, 6.45) is 3.61. The molecule has 0 amide bonds. The maximum Gasteiger partial charge on any atom is 0.0951 e. The van der Waals surface area contributed by atoms with Gasteiger partial charge in [-0.2, -0.15) is 0 Å². The van der Waals surface area contributed by atoms with Gasteiger partial charge in [0.2, 0.25) is 0 Å². The number of nitrogens with zero attached hydrogens (tertiary/aromatic N) is 2. The molecule has 78 valence electrons. The first kappa shape index (κ1) is 10.4. The molecule has 1 aromatic carbocycles. The highest BCUT2D eigenvalue weighted by Crippen LogP contribution is 2.17. The molecule has 3 nitrogen and oxygen atoms in total. The van der Waals surface area contributed by atoms with Gasteiger partial charge in [0.25, 0.3) is 0 Å². The van der Waals surface area contributed by atoms with Crippen LogP contribution in [0.2, 0.25) is 0 Å². The Bertz CT molecular complexity index is 451. The number of aromatic nitrogens is 2. The molecule has 2 aromatic rings. The van der Waals surface area contributed by atoms with Crippen LogP contribution in [0.5, 0.6) is 0 Å². The second kappa shape index (κ2) is 4.59. The molecule has 2 rings (SSSR count). The van der Waals surface area contributed by atoms with Gasteiger partial charge in [0, 0.05) is 23.8 Å². The van der Waals surface area contributed by atoms with Crippen LogP contribution in [0.3, 0.4) is 0 Å². The molecular weight excluding hydrogens is 254 g/mol. The summed E-state index contributed by atoms with van der Waals surface area (Å²) in [4.78, 5) is 4.09. The normalized spacial score (nSPS) is 10.5. The van der Waals surface area contributed by atoms with Crippen molar-refractivity contribution in [1.82, 2.24) is 9.55 Å². The quantitative estimate of drug-likeness (QED) is 0.925. The molecule has 0 aliphatic heterocycles. The van der Waals surface area contributed by atoms with Crippen molar-refractivity contribution < 1.29 is 0 Å². The minimum atomic E-state index is 0.518. The van der Waals surface area contributed by atoms with Crippen molar-refractivity contribution >= 4 is 15.9 Å². The lowest BCUT2D eigenvalue weighted by atomic mass is 10.2. The maximum absolute atomic E-state index is 5.61. The van der Waals surface area contributed by atoms with Crippen LogP contribution < -0.4 is 5.73 Å². The molecule has 0 aliphatic rings. The predicted octanol–water partition coefficient (Wildman–Crippen LogP) is 2.15. The van der Waals surface area contributed by atoms with Crippen LogP contribution in [0.4, 0.5) is 0 Å². The Balaban J connectivity index is 2.26. The SMILES string of the molecule is NCc1cncn1Cc1ccccc1Br. The van der Waals surface area contributed by atoms with E-state index in [1.807, 2.05) is 24.5 Å². The third kappa shape index (κ3) is 2.27. The molecule has 0 spiro atoms. The lowest BCUT2D eigenvalue weighted by molar-refractivity contribution is 0.738. The van der Waals surface area contributed by atoms with Crippen LogP contribution in [0.25, 0.3) is 0 Å². The number of hydrogen-bond donors (Lipinski definition) is 1. The van der Waals surface area contributed by atoms with Crippen LogP contribution in [0, 0.1) is 0 Å². The number of hydrogen-bond acceptors (Lipinski definition) is 2. The Morgan fingerprint density at radius 3 is 2.87 bits per heavy atom. The van der Waals surface area contributed by atoms with Crippen molar-refractivity contribution in [3.8, 4) is 0 Å². The van der Waals surface area contributed by atoms with E-state index in [-0.39, 0.29) is 0 Å². The molecule has 0 bridgehead atoms. The molecule has 0 unspecified atom stereocenters. The van der Waals surface area contributed by atoms with Gasteiger partial charge in [-0.05, 0) is 11.6 Å². The number of rotatable bonds is 3. The Kier molecular flexibility index (Phi) is 3.18. The molecule has 2 N–H and O–H groups in total. The van der Waals surface area contributed by atoms with Crippen LogP contribution in [-0.4, -0.2) is 9.55 Å². The lowest BCUT2D eigenvalue weighted by Crippen LogP contribution is -2.07. The zero-order valence-corrected chi connectivity index (χ0v) is 9.81. The molecule has 4 heteroatoms. The van der Waals surface area contributed by atoms with E-state index in [2.05, 4.69) is 31.5 Å². The number of halogens is 1. The van der Waals surface area contributed by atoms with Gasteiger partial charge < -0.3 is 10.3 Å². The molecule has 0 saturated carbocycles. The second-order valence-electron chi connectivity index (χ2n) is 3.31. The van der Waals surface area contributed by atoms with Crippen LogP contribution in [0.15, 0.2) is 41.3 Å². The van der Waals surface area contributed by atoms with Gasteiger partial charge in [0.15, 0.2) is 0 Å². The van der Waals surface area contributed by atoms with Gasteiger partial charge in [-0.3, -0.25) is 0 Å². The van der Waals surface area contributed by atoms with E-state index in [0.29, 0.717) is 6.54 Å². The van der Waals surface area contributed by atoms with Crippen molar-refractivity contribution in [2.24, 2.45) is 5.73 Å². The first-order valence-corrected chi connectivity index (χ1v) is 5.53. The van der Waals surface area contributed by atoms with Gasteiger partial charge in [0.05, 0.1) is 12.0 Å². The van der Waals surface area contributed by atoms with E-state index < -0.39 is 0 Å². The number of benzene rings is 1. The Morgan fingerprint density at radius 1 is 1.33 bits per heavy atom. The summed E-state index contributed by atoms with van der Waals surface area (Å²) in [5.41, 5.74) is 7.89. The zero-order chi connectivity index (χ0) is 10.7. The predicted molar refractivity (Wildman–Crippen MR) is 63.4 cm³/mol. The largest absolute Gasteiger partial charge is 0.329 e. The molecular formula is C11H12BrN3. The zero-order valence-electron chi connectivity index (χ0n) is 8.23. The van der Waals surface area contributed by atoms with Gasteiger partial charge in [-0.15, -0.1) is 0 Å². The van der Waals surface area contributed by atoms with Crippen molar-refractivity contribution in [3.63, 3.8) is 0 Å². The van der Waals surface area contributed by atoms with E-state index in [1.54, 1.807) is 6.20 Å². The highest BCUT2D eigenvalue weighted by molar-refractivity contribution is 9.10. The van der Waals surface area contributed by atoms with Gasteiger partial charge >= 0.3 is 0 Å². The highest BCUT2D eigenvalue weighted by atomic mass is 79.9. The van der Waals surface area contributed by atoms with E-state index in [4.69, 9.17) is 5.73 Å². The van der Waals surface area contributed by atoms with E-state index in [0.717, 1.165) is 16.7 Å². The van der Waals surface area contributed by atoms with Crippen molar-refractivity contribution in [2.75, 3.05) is 0 Å². The van der Waals surface area contributed by atoms with Crippen LogP contribution in [0.1, 0.15) is 11.3 Å². The van der Waals surface area contributed by atoms with E-state index >= 15 is 0 Å². The highest BCUT2D eigenvalue weighted by Gasteiger charge is 2.03. The Morgan fingerprint density at radius 2 is 2.13 bits per heavy atom. The fraction of sp³-hybridized carbons (Fsp3) is 0.182.